The zero-order chi connectivity index (χ0) is 12.6. The van der Waals surface area contributed by atoms with Crippen LogP contribution in [0.1, 0.15) is 46.5 Å². The number of nitrogens with zero attached hydrogens (tertiary/aromatic N) is 1. The van der Waals surface area contributed by atoms with E-state index in [-0.39, 0.29) is 10.7 Å². The zero-order valence-electron chi connectivity index (χ0n) is 10.3. The lowest BCUT2D eigenvalue weighted by Crippen LogP contribution is -2.15. The molecule has 3 nitrogen and oxygen atoms in total. The van der Waals surface area contributed by atoms with Gasteiger partial charge in [-0.25, -0.2) is 0 Å². The SMILES string of the molecule is CCC(SCCCCC(C)(C)C#N)C(=O)O. The summed E-state index contributed by atoms with van der Waals surface area (Å²) in [6.45, 7) is 5.77. The first-order valence-electron chi connectivity index (χ1n) is 5.68. The van der Waals surface area contributed by atoms with Gasteiger partial charge in [-0.1, -0.05) is 13.3 Å². The summed E-state index contributed by atoms with van der Waals surface area (Å²) in [5, 5.41) is 17.4. The Bertz CT molecular complexity index is 258. The molecule has 0 aliphatic rings. The molecule has 0 bridgehead atoms. The molecule has 16 heavy (non-hydrogen) atoms. The third kappa shape index (κ3) is 6.73. The van der Waals surface area contributed by atoms with Gasteiger partial charge in [-0.05, 0) is 38.9 Å². The second kappa shape index (κ2) is 7.56. The Morgan fingerprint density at radius 2 is 2.12 bits per heavy atom. The van der Waals surface area contributed by atoms with Crippen molar-refractivity contribution in [3.8, 4) is 6.07 Å². The lowest BCUT2D eigenvalue weighted by Gasteiger charge is -2.14. The topological polar surface area (TPSA) is 61.1 Å². The Labute approximate surface area is 102 Å². The number of hydrogen-bond donors (Lipinski definition) is 1. The molecule has 0 spiro atoms. The molecule has 0 saturated heterocycles. The average Bonchev–Trinajstić information content (AvgIpc) is 2.22. The fraction of sp³-hybridized carbons (Fsp3) is 0.833. The van der Waals surface area contributed by atoms with Crippen LogP contribution in [-0.4, -0.2) is 22.1 Å². The third-order valence-electron chi connectivity index (χ3n) is 2.46. The van der Waals surface area contributed by atoms with Gasteiger partial charge in [-0.15, -0.1) is 11.8 Å². The quantitative estimate of drug-likeness (QED) is 0.664. The molecule has 1 N–H and O–H groups in total. The number of unbranched alkanes of at least 4 members (excludes halogenated alkanes) is 1. The number of nitriles is 1. The van der Waals surface area contributed by atoms with E-state index in [1.807, 2.05) is 20.8 Å². The molecule has 0 rings (SSSR count). The van der Waals surface area contributed by atoms with E-state index in [0.717, 1.165) is 25.0 Å². The summed E-state index contributed by atoms with van der Waals surface area (Å²) in [6, 6.07) is 2.27. The van der Waals surface area contributed by atoms with Crippen molar-refractivity contribution in [2.75, 3.05) is 5.75 Å². The highest BCUT2D eigenvalue weighted by Gasteiger charge is 2.17. The normalized spacial score (nSPS) is 13.1. The molecule has 0 fully saturated rings. The first-order chi connectivity index (χ1) is 7.43. The maximum atomic E-state index is 10.7. The minimum absolute atomic E-state index is 0.248. The first kappa shape index (κ1) is 15.3. The Morgan fingerprint density at radius 3 is 2.56 bits per heavy atom. The lowest BCUT2D eigenvalue weighted by molar-refractivity contribution is -0.136. The van der Waals surface area contributed by atoms with Crippen molar-refractivity contribution in [1.29, 1.82) is 5.26 Å². The predicted molar refractivity (Wildman–Crippen MR) is 67.4 cm³/mol. The largest absolute Gasteiger partial charge is 0.480 e. The van der Waals surface area contributed by atoms with Crippen LogP contribution in [0.25, 0.3) is 0 Å². The molecule has 4 heteroatoms. The smallest absolute Gasteiger partial charge is 0.316 e. The maximum absolute atomic E-state index is 10.7. The van der Waals surface area contributed by atoms with E-state index in [2.05, 4.69) is 6.07 Å². The van der Waals surface area contributed by atoms with E-state index in [1.54, 1.807) is 0 Å². The summed E-state index contributed by atoms with van der Waals surface area (Å²) < 4.78 is 0. The van der Waals surface area contributed by atoms with Crippen LogP contribution in [0.3, 0.4) is 0 Å². The summed E-state index contributed by atoms with van der Waals surface area (Å²) >= 11 is 1.51. The molecule has 0 aromatic carbocycles. The Balaban J connectivity index is 3.62. The van der Waals surface area contributed by atoms with Gasteiger partial charge < -0.3 is 5.11 Å². The maximum Gasteiger partial charge on any atom is 0.316 e. The molecule has 1 unspecified atom stereocenters. The van der Waals surface area contributed by atoms with Gasteiger partial charge in [-0.3, -0.25) is 4.79 Å². The van der Waals surface area contributed by atoms with Crippen molar-refractivity contribution in [3.05, 3.63) is 0 Å². The molecule has 0 aromatic heterocycles. The van der Waals surface area contributed by atoms with Crippen LogP contribution < -0.4 is 0 Å². The van der Waals surface area contributed by atoms with Crippen LogP contribution in [0.5, 0.6) is 0 Å². The minimum atomic E-state index is -0.718. The molecule has 0 aliphatic heterocycles. The van der Waals surface area contributed by atoms with Gasteiger partial charge in [0.2, 0.25) is 0 Å². The number of carboxylic acids is 1. The fourth-order valence-electron chi connectivity index (χ4n) is 1.31. The Kier molecular flexibility index (Phi) is 7.24. The Hall–Kier alpha value is -0.690. The van der Waals surface area contributed by atoms with E-state index in [4.69, 9.17) is 10.4 Å². The molecular weight excluding hydrogens is 222 g/mol. The minimum Gasteiger partial charge on any atom is -0.480 e. The lowest BCUT2D eigenvalue weighted by atomic mass is 9.89. The monoisotopic (exact) mass is 243 g/mol. The van der Waals surface area contributed by atoms with E-state index in [1.165, 1.54) is 11.8 Å². The molecule has 0 radical (unpaired) electrons. The zero-order valence-corrected chi connectivity index (χ0v) is 11.1. The number of aliphatic carboxylic acids is 1. The molecule has 0 aromatic rings. The van der Waals surface area contributed by atoms with Crippen molar-refractivity contribution in [1.82, 2.24) is 0 Å². The second-order valence-electron chi connectivity index (χ2n) is 4.56. The van der Waals surface area contributed by atoms with E-state index < -0.39 is 5.97 Å². The van der Waals surface area contributed by atoms with Crippen molar-refractivity contribution >= 4 is 17.7 Å². The summed E-state index contributed by atoms with van der Waals surface area (Å²) in [5.74, 6) is 0.150. The summed E-state index contributed by atoms with van der Waals surface area (Å²) in [4.78, 5) is 10.7. The number of carbonyl (C=O) groups is 1. The van der Waals surface area contributed by atoms with Crippen molar-refractivity contribution < 1.29 is 9.90 Å². The summed E-state index contributed by atoms with van der Waals surface area (Å²) in [5.41, 5.74) is -0.248. The number of thioether (sulfide) groups is 1. The predicted octanol–water partition coefficient (Wildman–Crippen LogP) is 3.30. The molecule has 92 valence electrons. The highest BCUT2D eigenvalue weighted by molar-refractivity contribution is 8.00. The molecule has 1 atom stereocenters. The van der Waals surface area contributed by atoms with Crippen molar-refractivity contribution in [3.63, 3.8) is 0 Å². The van der Waals surface area contributed by atoms with E-state index in [9.17, 15) is 4.79 Å². The first-order valence-corrected chi connectivity index (χ1v) is 6.73. The van der Waals surface area contributed by atoms with Gasteiger partial charge >= 0.3 is 5.97 Å². The molecule has 0 aliphatic carbocycles. The van der Waals surface area contributed by atoms with Crippen molar-refractivity contribution in [2.24, 2.45) is 5.41 Å². The molecule has 0 saturated carbocycles. The second-order valence-corrected chi connectivity index (χ2v) is 5.87. The summed E-state index contributed by atoms with van der Waals surface area (Å²) in [6.07, 6.45) is 3.53. The van der Waals surface area contributed by atoms with Crippen LogP contribution in [0.15, 0.2) is 0 Å². The molecule has 0 amide bonds. The van der Waals surface area contributed by atoms with Gasteiger partial charge in [0, 0.05) is 0 Å². The van der Waals surface area contributed by atoms with Gasteiger partial charge in [0.05, 0.1) is 11.5 Å². The van der Waals surface area contributed by atoms with Gasteiger partial charge in [-0.2, -0.15) is 5.26 Å². The average molecular weight is 243 g/mol. The fourth-order valence-corrected chi connectivity index (χ4v) is 2.35. The third-order valence-corrected chi connectivity index (χ3v) is 3.93. The molecule has 0 heterocycles. The molecular formula is C12H21NO2S. The van der Waals surface area contributed by atoms with E-state index >= 15 is 0 Å². The van der Waals surface area contributed by atoms with E-state index in [0.29, 0.717) is 6.42 Å². The highest BCUT2D eigenvalue weighted by atomic mass is 32.2. The van der Waals surface area contributed by atoms with Gasteiger partial charge in [0.1, 0.15) is 5.25 Å². The number of carboxylic acid groups (broad SMARTS) is 1. The van der Waals surface area contributed by atoms with Gasteiger partial charge in [0.25, 0.3) is 0 Å². The highest BCUT2D eigenvalue weighted by Crippen LogP contribution is 2.23. The number of hydrogen-bond acceptors (Lipinski definition) is 3. The van der Waals surface area contributed by atoms with Gasteiger partial charge in [0.15, 0.2) is 0 Å². The van der Waals surface area contributed by atoms with Crippen LogP contribution in [0.4, 0.5) is 0 Å². The van der Waals surface area contributed by atoms with Crippen molar-refractivity contribution in [2.45, 2.75) is 51.7 Å². The van der Waals surface area contributed by atoms with Crippen LogP contribution in [0.2, 0.25) is 0 Å². The number of rotatable bonds is 8. The van der Waals surface area contributed by atoms with Crippen LogP contribution >= 0.6 is 11.8 Å². The standard InChI is InChI=1S/C12H21NO2S/c1-4-10(11(14)15)16-8-6-5-7-12(2,3)9-13/h10H,4-8H2,1-3H3,(H,14,15). The Morgan fingerprint density at radius 1 is 1.50 bits per heavy atom. The van der Waals surface area contributed by atoms with Crippen LogP contribution in [0, 0.1) is 16.7 Å². The summed E-state index contributed by atoms with van der Waals surface area (Å²) in [7, 11) is 0. The van der Waals surface area contributed by atoms with Crippen LogP contribution in [-0.2, 0) is 4.79 Å².